The van der Waals surface area contributed by atoms with Crippen molar-refractivity contribution in [1.29, 1.82) is 0 Å². The van der Waals surface area contributed by atoms with Gasteiger partial charge in [0.1, 0.15) is 0 Å². The Bertz CT molecular complexity index is 155. The number of hydrogen-bond acceptors (Lipinski definition) is 4. The van der Waals surface area contributed by atoms with Gasteiger partial charge in [0.05, 0.1) is 18.8 Å². The molecule has 4 heteroatoms. The fraction of sp³-hybridized carbons (Fsp3) is 1.00. The first-order valence-corrected chi connectivity index (χ1v) is 4.80. The summed E-state index contributed by atoms with van der Waals surface area (Å²) in [6.45, 7) is 3.10. The van der Waals surface area contributed by atoms with Crippen molar-refractivity contribution >= 4 is 0 Å². The number of aliphatic hydroxyl groups excluding tert-OH is 3. The van der Waals surface area contributed by atoms with E-state index < -0.39 is 17.6 Å². The summed E-state index contributed by atoms with van der Waals surface area (Å²) in [6, 6.07) is 0. The van der Waals surface area contributed by atoms with Gasteiger partial charge in [-0.3, -0.25) is 0 Å². The fourth-order valence-electron chi connectivity index (χ4n) is 1.98. The highest BCUT2D eigenvalue weighted by Gasteiger charge is 2.40. The largest absolute Gasteiger partial charge is 0.396 e. The third-order valence-electron chi connectivity index (χ3n) is 3.00. The molecule has 1 aliphatic rings. The Kier molecular flexibility index (Phi) is 3.67. The molecular formula is C9H19NO3. The molecule has 2 atom stereocenters. The second kappa shape index (κ2) is 4.37. The third-order valence-corrected chi connectivity index (χ3v) is 3.00. The van der Waals surface area contributed by atoms with E-state index in [2.05, 4.69) is 5.32 Å². The molecule has 1 aliphatic heterocycles. The van der Waals surface area contributed by atoms with Gasteiger partial charge >= 0.3 is 0 Å². The van der Waals surface area contributed by atoms with Crippen LogP contribution in [0.15, 0.2) is 0 Å². The Morgan fingerprint density at radius 2 is 1.85 bits per heavy atom. The van der Waals surface area contributed by atoms with Crippen LogP contribution in [0.1, 0.15) is 19.8 Å². The molecule has 0 spiro atoms. The maximum absolute atomic E-state index is 9.76. The molecule has 1 rings (SSSR count). The highest BCUT2D eigenvalue weighted by molar-refractivity contribution is 4.92. The van der Waals surface area contributed by atoms with Gasteiger partial charge in [0.15, 0.2) is 0 Å². The fourth-order valence-corrected chi connectivity index (χ4v) is 1.98. The lowest BCUT2D eigenvalue weighted by atomic mass is 9.73. The number of piperidine rings is 1. The van der Waals surface area contributed by atoms with Gasteiger partial charge in [-0.05, 0) is 32.9 Å². The standard InChI is InChI=1S/C9H19NO3/c1-7(12)8(13)9(6-11)2-4-10-5-3-9/h7-8,10-13H,2-6H2,1H3/t7-,8?/m1/s1. The number of aliphatic hydroxyl groups is 3. The van der Waals surface area contributed by atoms with Crippen LogP contribution < -0.4 is 5.32 Å². The molecule has 4 N–H and O–H groups in total. The quantitative estimate of drug-likeness (QED) is 0.464. The highest BCUT2D eigenvalue weighted by atomic mass is 16.3. The molecular weight excluding hydrogens is 170 g/mol. The van der Waals surface area contributed by atoms with Gasteiger partial charge in [0.25, 0.3) is 0 Å². The van der Waals surface area contributed by atoms with E-state index in [1.54, 1.807) is 6.92 Å². The van der Waals surface area contributed by atoms with Gasteiger partial charge in [-0.15, -0.1) is 0 Å². The summed E-state index contributed by atoms with van der Waals surface area (Å²) in [5.41, 5.74) is -0.501. The van der Waals surface area contributed by atoms with E-state index in [1.165, 1.54) is 0 Å². The minimum atomic E-state index is -0.820. The normalized spacial score (nSPS) is 26.8. The molecule has 0 saturated carbocycles. The second-order valence-corrected chi connectivity index (χ2v) is 3.96. The first kappa shape index (κ1) is 10.9. The van der Waals surface area contributed by atoms with Crippen LogP contribution in [0.2, 0.25) is 0 Å². The molecule has 0 radical (unpaired) electrons. The second-order valence-electron chi connectivity index (χ2n) is 3.96. The van der Waals surface area contributed by atoms with Crippen molar-refractivity contribution in [2.45, 2.75) is 32.0 Å². The van der Waals surface area contributed by atoms with E-state index >= 15 is 0 Å². The van der Waals surface area contributed by atoms with Gasteiger partial charge in [-0.25, -0.2) is 0 Å². The van der Waals surface area contributed by atoms with Gasteiger partial charge in [-0.1, -0.05) is 0 Å². The molecule has 13 heavy (non-hydrogen) atoms. The van der Waals surface area contributed by atoms with Crippen LogP contribution in [-0.4, -0.2) is 47.2 Å². The van der Waals surface area contributed by atoms with Crippen LogP contribution in [0.25, 0.3) is 0 Å². The summed E-state index contributed by atoms with van der Waals surface area (Å²) in [5.74, 6) is 0. The van der Waals surface area contributed by atoms with Crippen LogP contribution in [0.5, 0.6) is 0 Å². The number of hydrogen-bond donors (Lipinski definition) is 4. The zero-order chi connectivity index (χ0) is 9.90. The zero-order valence-electron chi connectivity index (χ0n) is 8.03. The summed E-state index contributed by atoms with van der Waals surface area (Å²) >= 11 is 0. The van der Waals surface area contributed by atoms with E-state index in [9.17, 15) is 15.3 Å². The molecule has 0 aromatic carbocycles. The molecule has 1 saturated heterocycles. The Labute approximate surface area is 78.6 Å². The predicted molar refractivity (Wildman–Crippen MR) is 49.3 cm³/mol. The highest BCUT2D eigenvalue weighted by Crippen LogP contribution is 2.33. The minimum absolute atomic E-state index is 0.0548. The SMILES string of the molecule is C[C@@H](O)C(O)C1(CO)CCNCC1. The predicted octanol–water partition coefficient (Wildman–Crippen LogP) is -0.910. The van der Waals surface area contributed by atoms with Crippen molar-refractivity contribution in [3.05, 3.63) is 0 Å². The molecule has 78 valence electrons. The van der Waals surface area contributed by atoms with Gasteiger partial charge in [0.2, 0.25) is 0 Å². The van der Waals surface area contributed by atoms with Crippen molar-refractivity contribution in [1.82, 2.24) is 5.32 Å². The van der Waals surface area contributed by atoms with Crippen LogP contribution in [0.4, 0.5) is 0 Å². The van der Waals surface area contributed by atoms with Gasteiger partial charge < -0.3 is 20.6 Å². The lowest BCUT2D eigenvalue weighted by molar-refractivity contribution is -0.0938. The van der Waals surface area contributed by atoms with Crippen LogP contribution in [0, 0.1) is 5.41 Å². The molecule has 0 aromatic rings. The monoisotopic (exact) mass is 189 g/mol. The van der Waals surface area contributed by atoms with Crippen LogP contribution in [0.3, 0.4) is 0 Å². The average Bonchev–Trinajstić information content (AvgIpc) is 2.17. The molecule has 0 amide bonds. The van der Waals surface area contributed by atoms with Crippen LogP contribution >= 0.6 is 0 Å². The van der Waals surface area contributed by atoms with Crippen molar-refractivity contribution < 1.29 is 15.3 Å². The molecule has 4 nitrogen and oxygen atoms in total. The maximum Gasteiger partial charge on any atom is 0.0875 e. The summed E-state index contributed by atoms with van der Waals surface area (Å²) < 4.78 is 0. The molecule has 1 fully saturated rings. The lowest BCUT2D eigenvalue weighted by Crippen LogP contribution is -2.50. The lowest BCUT2D eigenvalue weighted by Gasteiger charge is -2.41. The van der Waals surface area contributed by atoms with E-state index in [0.717, 1.165) is 25.9 Å². The molecule has 1 heterocycles. The van der Waals surface area contributed by atoms with Gasteiger partial charge in [0, 0.05) is 5.41 Å². The summed E-state index contributed by atoms with van der Waals surface area (Å²) in [4.78, 5) is 0. The van der Waals surface area contributed by atoms with Crippen molar-refractivity contribution in [3.63, 3.8) is 0 Å². The van der Waals surface area contributed by atoms with E-state index in [0.29, 0.717) is 0 Å². The molecule has 0 aromatic heterocycles. The Morgan fingerprint density at radius 1 is 1.31 bits per heavy atom. The topological polar surface area (TPSA) is 72.7 Å². The van der Waals surface area contributed by atoms with E-state index in [-0.39, 0.29) is 6.61 Å². The average molecular weight is 189 g/mol. The van der Waals surface area contributed by atoms with Crippen molar-refractivity contribution in [2.75, 3.05) is 19.7 Å². The third kappa shape index (κ3) is 2.20. The van der Waals surface area contributed by atoms with Crippen molar-refractivity contribution in [3.8, 4) is 0 Å². The molecule has 0 aliphatic carbocycles. The van der Waals surface area contributed by atoms with Gasteiger partial charge in [-0.2, -0.15) is 0 Å². The van der Waals surface area contributed by atoms with Crippen molar-refractivity contribution in [2.24, 2.45) is 5.41 Å². The van der Waals surface area contributed by atoms with E-state index in [1.807, 2.05) is 0 Å². The smallest absolute Gasteiger partial charge is 0.0875 e. The maximum atomic E-state index is 9.76. The Hall–Kier alpha value is -0.160. The first-order valence-electron chi connectivity index (χ1n) is 4.80. The van der Waals surface area contributed by atoms with Crippen LogP contribution in [-0.2, 0) is 0 Å². The molecule has 1 unspecified atom stereocenters. The first-order chi connectivity index (χ1) is 6.12. The minimum Gasteiger partial charge on any atom is -0.396 e. The summed E-state index contributed by atoms with van der Waals surface area (Å²) in [6.07, 6.45) is -0.157. The summed E-state index contributed by atoms with van der Waals surface area (Å²) in [5, 5.41) is 31.5. The Morgan fingerprint density at radius 3 is 2.23 bits per heavy atom. The number of rotatable bonds is 3. The molecule has 0 bridgehead atoms. The number of nitrogens with one attached hydrogen (secondary N) is 1. The Balaban J connectivity index is 2.66. The summed E-state index contributed by atoms with van der Waals surface area (Å²) in [7, 11) is 0. The zero-order valence-corrected chi connectivity index (χ0v) is 8.03. The van der Waals surface area contributed by atoms with E-state index in [4.69, 9.17) is 0 Å².